The van der Waals surface area contributed by atoms with Gasteiger partial charge in [-0.25, -0.2) is 0 Å². The Morgan fingerprint density at radius 2 is 1.00 bits per heavy atom. The van der Waals surface area contributed by atoms with Gasteiger partial charge in [-0.2, -0.15) is 0 Å². The lowest BCUT2D eigenvalue weighted by Crippen LogP contribution is -2.16. The number of nitrogens with one attached hydrogen (secondary N) is 1. The van der Waals surface area contributed by atoms with Gasteiger partial charge >= 0.3 is 0 Å². The van der Waals surface area contributed by atoms with E-state index in [4.69, 9.17) is 0 Å². The van der Waals surface area contributed by atoms with E-state index < -0.39 is 0 Å². The van der Waals surface area contributed by atoms with Crippen LogP contribution in [0.2, 0.25) is 0 Å². The molecule has 0 fully saturated rings. The highest BCUT2D eigenvalue weighted by atomic mass is 14.8. The van der Waals surface area contributed by atoms with Crippen LogP contribution in [0.25, 0.3) is 0 Å². The Hall–Kier alpha value is -0.560. The first-order valence-electron chi connectivity index (χ1n) is 8.34. The van der Waals surface area contributed by atoms with E-state index in [0.29, 0.717) is 0 Å². The topological polar surface area (TPSA) is 12.0 Å². The van der Waals surface area contributed by atoms with Gasteiger partial charge in [0.2, 0.25) is 0 Å². The van der Waals surface area contributed by atoms with Crippen molar-refractivity contribution in [3.63, 3.8) is 0 Å². The number of hydrogen-bond acceptors (Lipinski definition) is 1. The second kappa shape index (κ2) is 17.4. The van der Waals surface area contributed by atoms with Gasteiger partial charge in [-0.3, -0.25) is 0 Å². The van der Waals surface area contributed by atoms with Crippen LogP contribution < -0.4 is 5.32 Å². The van der Waals surface area contributed by atoms with Crippen molar-refractivity contribution in [2.75, 3.05) is 13.1 Å². The number of hydrogen-bond donors (Lipinski definition) is 1. The summed E-state index contributed by atoms with van der Waals surface area (Å²) in [5.41, 5.74) is 0. The minimum atomic E-state index is 1.21. The fourth-order valence-electron chi connectivity index (χ4n) is 2.19. The van der Waals surface area contributed by atoms with Gasteiger partial charge in [0.05, 0.1) is 0 Å². The maximum atomic E-state index is 3.56. The van der Waals surface area contributed by atoms with Gasteiger partial charge in [-0.15, -0.1) is 0 Å². The van der Waals surface area contributed by atoms with Gasteiger partial charge in [0.15, 0.2) is 0 Å². The third-order valence-corrected chi connectivity index (χ3v) is 3.42. The molecule has 19 heavy (non-hydrogen) atoms. The molecule has 0 heterocycles. The van der Waals surface area contributed by atoms with Crippen LogP contribution in [-0.2, 0) is 0 Å². The SMILES string of the molecule is C/C=C/CCCCCCNCCCCCC/C=C/C. The molecular weight excluding hydrogens is 230 g/mol. The number of rotatable bonds is 14. The molecule has 0 aromatic rings. The van der Waals surface area contributed by atoms with E-state index in [1.54, 1.807) is 0 Å². The van der Waals surface area contributed by atoms with E-state index in [1.165, 1.54) is 77.3 Å². The summed E-state index contributed by atoms with van der Waals surface area (Å²) in [6, 6.07) is 0. The van der Waals surface area contributed by atoms with E-state index >= 15 is 0 Å². The van der Waals surface area contributed by atoms with Gasteiger partial charge in [0, 0.05) is 0 Å². The highest BCUT2D eigenvalue weighted by molar-refractivity contribution is 4.76. The van der Waals surface area contributed by atoms with E-state index in [9.17, 15) is 0 Å². The maximum Gasteiger partial charge on any atom is -0.00489 e. The predicted molar refractivity (Wildman–Crippen MR) is 88.7 cm³/mol. The Kier molecular flexibility index (Phi) is 16.9. The van der Waals surface area contributed by atoms with Gasteiger partial charge < -0.3 is 5.32 Å². The molecule has 0 aromatic heterocycles. The molecule has 0 bridgehead atoms. The normalized spacial score (nSPS) is 11.9. The fourth-order valence-corrected chi connectivity index (χ4v) is 2.19. The van der Waals surface area contributed by atoms with Crippen molar-refractivity contribution in [1.29, 1.82) is 0 Å². The zero-order valence-electron chi connectivity index (χ0n) is 13.3. The molecule has 0 aliphatic heterocycles. The van der Waals surface area contributed by atoms with Crippen molar-refractivity contribution in [2.24, 2.45) is 0 Å². The average Bonchev–Trinajstić information content (AvgIpc) is 2.43. The van der Waals surface area contributed by atoms with Crippen LogP contribution in [0.15, 0.2) is 24.3 Å². The lowest BCUT2D eigenvalue weighted by Gasteiger charge is -2.04. The largest absolute Gasteiger partial charge is 0.317 e. The fraction of sp³-hybridized carbons (Fsp3) is 0.778. The monoisotopic (exact) mass is 265 g/mol. The summed E-state index contributed by atoms with van der Waals surface area (Å²) >= 11 is 0. The van der Waals surface area contributed by atoms with Crippen molar-refractivity contribution in [3.8, 4) is 0 Å². The van der Waals surface area contributed by atoms with Gasteiger partial charge in [0.25, 0.3) is 0 Å². The maximum absolute atomic E-state index is 3.56. The van der Waals surface area contributed by atoms with Gasteiger partial charge in [-0.1, -0.05) is 50.0 Å². The summed E-state index contributed by atoms with van der Waals surface area (Å²) in [6.07, 6.45) is 22.3. The first-order valence-corrected chi connectivity index (χ1v) is 8.34. The summed E-state index contributed by atoms with van der Waals surface area (Å²) < 4.78 is 0. The van der Waals surface area contributed by atoms with Crippen LogP contribution in [0.1, 0.15) is 78.1 Å². The summed E-state index contributed by atoms with van der Waals surface area (Å²) in [7, 11) is 0. The average molecular weight is 265 g/mol. The Bertz CT molecular complexity index is 184. The highest BCUT2D eigenvalue weighted by Gasteiger charge is 1.91. The zero-order chi connectivity index (χ0) is 14.0. The van der Waals surface area contributed by atoms with Crippen molar-refractivity contribution in [3.05, 3.63) is 24.3 Å². The minimum absolute atomic E-state index is 1.21. The molecule has 0 atom stereocenters. The second-order valence-corrected chi connectivity index (χ2v) is 5.29. The van der Waals surface area contributed by atoms with Gasteiger partial charge in [-0.05, 0) is 65.5 Å². The quantitative estimate of drug-likeness (QED) is 0.317. The second-order valence-electron chi connectivity index (χ2n) is 5.29. The lowest BCUT2D eigenvalue weighted by atomic mass is 10.1. The third kappa shape index (κ3) is 17.4. The molecule has 0 saturated heterocycles. The Labute approximate surface area is 121 Å². The summed E-state index contributed by atoms with van der Waals surface area (Å²) in [5, 5.41) is 3.56. The van der Waals surface area contributed by atoms with E-state index in [-0.39, 0.29) is 0 Å². The van der Waals surface area contributed by atoms with Crippen molar-refractivity contribution < 1.29 is 0 Å². The molecule has 0 rings (SSSR count). The molecule has 0 amide bonds. The summed E-state index contributed by atoms with van der Waals surface area (Å²) in [4.78, 5) is 0. The van der Waals surface area contributed by atoms with E-state index in [2.05, 4.69) is 43.5 Å². The first kappa shape index (κ1) is 18.4. The number of allylic oxidation sites excluding steroid dienone is 4. The summed E-state index contributed by atoms with van der Waals surface area (Å²) in [5.74, 6) is 0. The van der Waals surface area contributed by atoms with Crippen LogP contribution in [-0.4, -0.2) is 13.1 Å². The van der Waals surface area contributed by atoms with Crippen LogP contribution in [0.4, 0.5) is 0 Å². The lowest BCUT2D eigenvalue weighted by molar-refractivity contribution is 0.557. The standard InChI is InChI=1S/C18H35N/c1-3-5-7-9-11-13-15-17-19-18-16-14-12-10-8-6-4-2/h3-6,19H,7-18H2,1-2H3/b5-3+,6-4+. The molecule has 1 N–H and O–H groups in total. The molecule has 0 unspecified atom stereocenters. The Morgan fingerprint density at radius 1 is 0.579 bits per heavy atom. The molecule has 112 valence electrons. The molecule has 0 spiro atoms. The van der Waals surface area contributed by atoms with E-state index in [1.807, 2.05) is 0 Å². The van der Waals surface area contributed by atoms with Crippen LogP contribution in [0.5, 0.6) is 0 Å². The smallest absolute Gasteiger partial charge is 0.00489 e. The summed E-state index contributed by atoms with van der Waals surface area (Å²) in [6.45, 7) is 6.62. The number of unbranched alkanes of at least 4 members (excludes halogenated alkanes) is 8. The molecule has 1 heteroatoms. The molecule has 0 radical (unpaired) electrons. The van der Waals surface area contributed by atoms with Crippen molar-refractivity contribution in [1.82, 2.24) is 5.32 Å². The zero-order valence-corrected chi connectivity index (χ0v) is 13.3. The van der Waals surface area contributed by atoms with E-state index in [0.717, 1.165) is 0 Å². The van der Waals surface area contributed by atoms with Gasteiger partial charge in [0.1, 0.15) is 0 Å². The molecule has 1 nitrogen and oxygen atoms in total. The van der Waals surface area contributed by atoms with Crippen molar-refractivity contribution >= 4 is 0 Å². The predicted octanol–water partition coefficient (Wildman–Crippen LogP) is 5.63. The molecule has 0 aromatic carbocycles. The third-order valence-electron chi connectivity index (χ3n) is 3.42. The highest BCUT2D eigenvalue weighted by Crippen LogP contribution is 2.04. The van der Waals surface area contributed by atoms with Crippen molar-refractivity contribution in [2.45, 2.75) is 78.1 Å². The molecule has 0 aliphatic carbocycles. The molecule has 0 aliphatic rings. The van der Waals surface area contributed by atoms with Crippen LogP contribution in [0.3, 0.4) is 0 Å². The minimum Gasteiger partial charge on any atom is -0.317 e. The Balaban J connectivity index is 2.95. The van der Waals surface area contributed by atoms with Crippen LogP contribution >= 0.6 is 0 Å². The Morgan fingerprint density at radius 3 is 1.42 bits per heavy atom. The molecule has 0 saturated carbocycles. The first-order chi connectivity index (χ1) is 9.41. The molecular formula is C18H35N. The van der Waals surface area contributed by atoms with Crippen LogP contribution in [0, 0.1) is 0 Å².